The van der Waals surface area contributed by atoms with Gasteiger partial charge in [0.2, 0.25) is 0 Å². The van der Waals surface area contributed by atoms with Crippen molar-refractivity contribution in [2.45, 2.75) is 56.6 Å². The highest BCUT2D eigenvalue weighted by Crippen LogP contribution is 2.34. The fraction of sp³-hybridized carbons (Fsp3) is 0.400. The SMILES string of the molecule is CCS[C@@H]1O[C@H](COCc2ccccc2)[C@H](OC)[C@H](OCc2ccccc2)[C@H]1OCc1ccccc1. The molecule has 0 aromatic heterocycles. The molecule has 36 heavy (non-hydrogen) atoms. The standard InChI is InChI=1S/C30H36O5S/c1-3-36-30-29(34-21-25-17-11-6-12-18-25)28(33-20-24-15-9-5-10-16-24)27(31-2)26(35-30)22-32-19-23-13-7-4-8-14-23/h4-18,26-30H,3,19-22H2,1-2H3/t26-,27+,28+,29-,30+/m1/s1. The molecule has 3 aromatic rings. The van der Waals surface area contributed by atoms with E-state index >= 15 is 0 Å². The first kappa shape index (κ1) is 26.9. The molecule has 1 aliphatic heterocycles. The number of thioether (sulfide) groups is 1. The van der Waals surface area contributed by atoms with E-state index in [0.717, 1.165) is 22.4 Å². The highest BCUT2D eigenvalue weighted by Gasteiger charge is 2.48. The lowest BCUT2D eigenvalue weighted by atomic mass is 9.99. The number of benzene rings is 3. The van der Waals surface area contributed by atoms with Gasteiger partial charge < -0.3 is 23.7 Å². The molecule has 0 saturated carbocycles. The summed E-state index contributed by atoms with van der Waals surface area (Å²) in [6.07, 6.45) is -1.23. The Balaban J connectivity index is 1.50. The second-order valence-electron chi connectivity index (χ2n) is 8.72. The summed E-state index contributed by atoms with van der Waals surface area (Å²) in [7, 11) is 1.71. The summed E-state index contributed by atoms with van der Waals surface area (Å²) < 4.78 is 31.7. The Labute approximate surface area is 219 Å². The number of hydrogen-bond acceptors (Lipinski definition) is 6. The zero-order valence-corrected chi connectivity index (χ0v) is 21.8. The molecule has 0 spiro atoms. The zero-order valence-electron chi connectivity index (χ0n) is 21.0. The van der Waals surface area contributed by atoms with E-state index in [1.54, 1.807) is 18.9 Å². The van der Waals surface area contributed by atoms with Crippen LogP contribution in [0.5, 0.6) is 0 Å². The third-order valence-electron chi connectivity index (χ3n) is 6.16. The van der Waals surface area contributed by atoms with Crippen molar-refractivity contribution < 1.29 is 23.7 Å². The van der Waals surface area contributed by atoms with Crippen molar-refractivity contribution in [2.75, 3.05) is 19.5 Å². The average Bonchev–Trinajstić information content (AvgIpc) is 2.93. The van der Waals surface area contributed by atoms with Crippen LogP contribution < -0.4 is 0 Å². The predicted octanol–water partition coefficient (Wildman–Crippen LogP) is 5.87. The average molecular weight is 509 g/mol. The predicted molar refractivity (Wildman–Crippen MR) is 144 cm³/mol. The molecule has 0 bridgehead atoms. The van der Waals surface area contributed by atoms with E-state index in [9.17, 15) is 0 Å². The maximum atomic E-state index is 6.56. The van der Waals surface area contributed by atoms with Crippen LogP contribution in [-0.4, -0.2) is 49.3 Å². The van der Waals surface area contributed by atoms with Crippen molar-refractivity contribution in [2.24, 2.45) is 0 Å². The molecule has 1 saturated heterocycles. The molecule has 0 amide bonds. The van der Waals surface area contributed by atoms with Crippen LogP contribution >= 0.6 is 11.8 Å². The number of methoxy groups -OCH3 is 1. The summed E-state index contributed by atoms with van der Waals surface area (Å²) in [5, 5.41) is 0. The van der Waals surface area contributed by atoms with Gasteiger partial charge >= 0.3 is 0 Å². The van der Waals surface area contributed by atoms with Gasteiger partial charge in [0.1, 0.15) is 29.9 Å². The Morgan fingerprint density at radius 2 is 1.17 bits per heavy atom. The third-order valence-corrected chi connectivity index (χ3v) is 7.20. The second-order valence-corrected chi connectivity index (χ2v) is 10.1. The van der Waals surface area contributed by atoms with Crippen LogP contribution in [-0.2, 0) is 43.5 Å². The van der Waals surface area contributed by atoms with Gasteiger partial charge in [0.15, 0.2) is 0 Å². The molecule has 5 nitrogen and oxygen atoms in total. The molecule has 1 aliphatic rings. The molecule has 5 atom stereocenters. The van der Waals surface area contributed by atoms with Gasteiger partial charge in [0, 0.05) is 7.11 Å². The minimum Gasteiger partial charge on any atom is -0.376 e. The van der Waals surface area contributed by atoms with Crippen LogP contribution in [0, 0.1) is 0 Å². The smallest absolute Gasteiger partial charge is 0.132 e. The van der Waals surface area contributed by atoms with Crippen LogP contribution in [0.15, 0.2) is 91.0 Å². The van der Waals surface area contributed by atoms with Gasteiger partial charge in [-0.1, -0.05) is 97.9 Å². The molecule has 0 unspecified atom stereocenters. The minimum absolute atomic E-state index is 0.198. The molecule has 0 radical (unpaired) electrons. The largest absolute Gasteiger partial charge is 0.376 e. The molecule has 3 aromatic carbocycles. The summed E-state index contributed by atoms with van der Waals surface area (Å²) in [4.78, 5) is 0. The van der Waals surface area contributed by atoms with Gasteiger partial charge in [0.25, 0.3) is 0 Å². The lowest BCUT2D eigenvalue weighted by molar-refractivity contribution is -0.246. The second kappa shape index (κ2) is 14.5. The molecule has 192 valence electrons. The first-order valence-corrected chi connectivity index (χ1v) is 13.6. The first-order valence-electron chi connectivity index (χ1n) is 12.5. The van der Waals surface area contributed by atoms with E-state index in [1.165, 1.54) is 0 Å². The van der Waals surface area contributed by atoms with Crippen molar-refractivity contribution in [3.05, 3.63) is 108 Å². The monoisotopic (exact) mass is 508 g/mol. The molecule has 0 aliphatic carbocycles. The van der Waals surface area contributed by atoms with Gasteiger partial charge in [-0.2, -0.15) is 0 Å². The van der Waals surface area contributed by atoms with Crippen LogP contribution in [0.1, 0.15) is 23.6 Å². The summed E-state index contributed by atoms with van der Waals surface area (Å²) in [6, 6.07) is 30.6. The van der Waals surface area contributed by atoms with Crippen LogP contribution in [0.3, 0.4) is 0 Å². The molecule has 1 fully saturated rings. The lowest BCUT2D eigenvalue weighted by Gasteiger charge is -2.45. The Morgan fingerprint density at radius 3 is 1.67 bits per heavy atom. The minimum atomic E-state index is -0.334. The van der Waals surface area contributed by atoms with Gasteiger partial charge in [-0.25, -0.2) is 0 Å². The summed E-state index contributed by atoms with van der Waals surface area (Å²) in [5.74, 6) is 0.899. The number of rotatable bonds is 13. The normalized spacial score (nSPS) is 24.0. The van der Waals surface area contributed by atoms with Gasteiger partial charge in [-0.05, 0) is 22.4 Å². The third kappa shape index (κ3) is 7.65. The van der Waals surface area contributed by atoms with Gasteiger partial charge in [-0.3, -0.25) is 0 Å². The van der Waals surface area contributed by atoms with E-state index in [1.807, 2.05) is 54.6 Å². The molecule has 0 N–H and O–H groups in total. The van der Waals surface area contributed by atoms with Crippen molar-refractivity contribution in [1.82, 2.24) is 0 Å². The lowest BCUT2D eigenvalue weighted by Crippen LogP contribution is -2.60. The molecule has 6 heteroatoms. The maximum absolute atomic E-state index is 6.56. The van der Waals surface area contributed by atoms with Gasteiger partial charge in [-0.15, -0.1) is 11.8 Å². The summed E-state index contributed by atoms with van der Waals surface area (Å²) >= 11 is 1.73. The Hall–Kier alpha value is -2.19. The number of ether oxygens (including phenoxy) is 5. The van der Waals surface area contributed by atoms with Crippen LogP contribution in [0.4, 0.5) is 0 Å². The number of hydrogen-bond donors (Lipinski definition) is 0. The Bertz CT molecular complexity index is 988. The fourth-order valence-electron chi connectivity index (χ4n) is 4.36. The van der Waals surface area contributed by atoms with E-state index in [4.69, 9.17) is 23.7 Å². The van der Waals surface area contributed by atoms with E-state index in [-0.39, 0.29) is 29.9 Å². The molecule has 1 heterocycles. The topological polar surface area (TPSA) is 46.2 Å². The Morgan fingerprint density at radius 1 is 0.667 bits per heavy atom. The molecule has 4 rings (SSSR count). The summed E-state index contributed by atoms with van der Waals surface area (Å²) in [5.41, 5.74) is 3.15. The van der Waals surface area contributed by atoms with Crippen molar-refractivity contribution in [3.63, 3.8) is 0 Å². The first-order chi connectivity index (χ1) is 17.8. The van der Waals surface area contributed by atoms with Crippen molar-refractivity contribution >= 4 is 11.8 Å². The van der Waals surface area contributed by atoms with E-state index in [2.05, 4.69) is 43.3 Å². The highest BCUT2D eigenvalue weighted by atomic mass is 32.2. The van der Waals surface area contributed by atoms with Crippen LogP contribution in [0.25, 0.3) is 0 Å². The van der Waals surface area contributed by atoms with Crippen LogP contribution in [0.2, 0.25) is 0 Å². The molecular formula is C30H36O5S. The van der Waals surface area contributed by atoms with Gasteiger partial charge in [0.05, 0.1) is 26.4 Å². The summed E-state index contributed by atoms with van der Waals surface area (Å²) in [6.45, 7) is 4.01. The van der Waals surface area contributed by atoms with Crippen molar-refractivity contribution in [3.8, 4) is 0 Å². The van der Waals surface area contributed by atoms with Crippen molar-refractivity contribution in [1.29, 1.82) is 0 Å². The van der Waals surface area contributed by atoms with E-state index < -0.39 is 0 Å². The van der Waals surface area contributed by atoms with E-state index in [0.29, 0.717) is 26.4 Å². The fourth-order valence-corrected chi connectivity index (χ4v) is 5.34. The maximum Gasteiger partial charge on any atom is 0.132 e. The highest BCUT2D eigenvalue weighted by molar-refractivity contribution is 7.99. The zero-order chi connectivity index (χ0) is 25.0. The quantitative estimate of drug-likeness (QED) is 0.288. The Kier molecular flexibility index (Phi) is 10.8. The molecular weight excluding hydrogens is 472 g/mol.